The number of hydrogen-bond donors (Lipinski definition) is 1. The number of aromatic nitrogens is 3. The molecule has 0 spiro atoms. The Labute approximate surface area is 126 Å². The molecule has 1 aliphatic carbocycles. The SMILES string of the molecule is Cc1cc(C)n2ncc(CNC(C)C3=CCCCC3)c2n1. The first-order valence-corrected chi connectivity index (χ1v) is 7.88. The lowest BCUT2D eigenvalue weighted by Gasteiger charge is -2.20. The lowest BCUT2D eigenvalue weighted by molar-refractivity contribution is 0.560. The Hall–Kier alpha value is -1.68. The van der Waals surface area contributed by atoms with E-state index in [-0.39, 0.29) is 0 Å². The van der Waals surface area contributed by atoms with Crippen LogP contribution >= 0.6 is 0 Å². The van der Waals surface area contributed by atoms with Crippen molar-refractivity contribution < 1.29 is 0 Å². The average molecular weight is 284 g/mol. The Kier molecular flexibility index (Phi) is 4.06. The maximum absolute atomic E-state index is 4.63. The topological polar surface area (TPSA) is 42.2 Å². The Bertz CT molecular complexity index is 669. The number of nitrogens with one attached hydrogen (secondary N) is 1. The van der Waals surface area contributed by atoms with E-state index in [0.29, 0.717) is 6.04 Å². The van der Waals surface area contributed by atoms with Crippen molar-refractivity contribution in [3.63, 3.8) is 0 Å². The largest absolute Gasteiger partial charge is 0.306 e. The van der Waals surface area contributed by atoms with Gasteiger partial charge in [0.15, 0.2) is 5.65 Å². The van der Waals surface area contributed by atoms with Gasteiger partial charge in [-0.1, -0.05) is 11.6 Å². The van der Waals surface area contributed by atoms with Gasteiger partial charge in [-0.3, -0.25) is 0 Å². The molecular formula is C17H24N4. The molecule has 0 fully saturated rings. The molecule has 1 aliphatic rings. The molecule has 2 heterocycles. The first-order valence-electron chi connectivity index (χ1n) is 7.88. The third kappa shape index (κ3) is 3.00. The molecule has 1 unspecified atom stereocenters. The van der Waals surface area contributed by atoms with Crippen LogP contribution in [0.3, 0.4) is 0 Å². The number of nitrogens with zero attached hydrogens (tertiary/aromatic N) is 3. The van der Waals surface area contributed by atoms with Crippen LogP contribution in [0.1, 0.15) is 49.6 Å². The number of aryl methyl sites for hydroxylation is 2. The zero-order valence-corrected chi connectivity index (χ0v) is 13.2. The molecule has 3 rings (SSSR count). The van der Waals surface area contributed by atoms with E-state index < -0.39 is 0 Å². The van der Waals surface area contributed by atoms with Gasteiger partial charge in [0.05, 0.1) is 6.20 Å². The van der Waals surface area contributed by atoms with Gasteiger partial charge in [0.25, 0.3) is 0 Å². The third-order valence-electron chi connectivity index (χ3n) is 4.33. The monoisotopic (exact) mass is 284 g/mol. The fourth-order valence-electron chi connectivity index (χ4n) is 3.09. The highest BCUT2D eigenvalue weighted by atomic mass is 15.3. The van der Waals surface area contributed by atoms with E-state index in [2.05, 4.69) is 41.4 Å². The molecule has 0 aliphatic heterocycles. The van der Waals surface area contributed by atoms with Gasteiger partial charge in [-0.05, 0) is 52.5 Å². The molecule has 0 bridgehead atoms. The van der Waals surface area contributed by atoms with Crippen molar-refractivity contribution in [1.29, 1.82) is 0 Å². The van der Waals surface area contributed by atoms with Gasteiger partial charge in [0.1, 0.15) is 0 Å². The van der Waals surface area contributed by atoms with Crippen molar-refractivity contribution >= 4 is 5.65 Å². The van der Waals surface area contributed by atoms with Crippen molar-refractivity contribution in [3.05, 3.63) is 40.9 Å². The van der Waals surface area contributed by atoms with Gasteiger partial charge in [-0.15, -0.1) is 0 Å². The fraction of sp³-hybridized carbons (Fsp3) is 0.529. The van der Waals surface area contributed by atoms with Crippen LogP contribution in [0.4, 0.5) is 0 Å². The van der Waals surface area contributed by atoms with Crippen LogP contribution in [-0.2, 0) is 6.54 Å². The number of rotatable bonds is 4. The highest BCUT2D eigenvalue weighted by molar-refractivity contribution is 5.47. The zero-order chi connectivity index (χ0) is 14.8. The van der Waals surface area contributed by atoms with Crippen molar-refractivity contribution in [2.24, 2.45) is 0 Å². The summed E-state index contributed by atoms with van der Waals surface area (Å²) in [6.07, 6.45) is 9.48. The summed E-state index contributed by atoms with van der Waals surface area (Å²) in [4.78, 5) is 4.63. The standard InChI is InChI=1S/C17H24N4/c1-12-9-13(2)21-17(20-12)16(11-19-21)10-18-14(3)15-7-5-4-6-8-15/h7,9,11,14,18H,4-6,8,10H2,1-3H3. The van der Waals surface area contributed by atoms with Crippen LogP contribution in [-0.4, -0.2) is 20.6 Å². The van der Waals surface area contributed by atoms with Crippen LogP contribution in [0.5, 0.6) is 0 Å². The lowest BCUT2D eigenvalue weighted by Crippen LogP contribution is -2.28. The summed E-state index contributed by atoms with van der Waals surface area (Å²) in [5, 5.41) is 8.07. The van der Waals surface area contributed by atoms with Crippen LogP contribution in [0.15, 0.2) is 23.9 Å². The Morgan fingerprint density at radius 1 is 1.33 bits per heavy atom. The molecule has 1 N–H and O–H groups in total. The van der Waals surface area contributed by atoms with Crippen LogP contribution < -0.4 is 5.32 Å². The third-order valence-corrected chi connectivity index (χ3v) is 4.33. The van der Waals surface area contributed by atoms with E-state index in [1.54, 1.807) is 5.57 Å². The van der Waals surface area contributed by atoms with Gasteiger partial charge in [0, 0.05) is 29.5 Å². The molecule has 0 radical (unpaired) electrons. The highest BCUT2D eigenvalue weighted by Crippen LogP contribution is 2.20. The lowest BCUT2D eigenvalue weighted by atomic mass is 9.95. The summed E-state index contributed by atoms with van der Waals surface area (Å²) in [6, 6.07) is 2.50. The molecule has 4 heteroatoms. The van der Waals surface area contributed by atoms with Gasteiger partial charge >= 0.3 is 0 Å². The van der Waals surface area contributed by atoms with E-state index in [1.165, 1.54) is 31.2 Å². The summed E-state index contributed by atoms with van der Waals surface area (Å²) in [5.74, 6) is 0. The minimum atomic E-state index is 0.436. The van der Waals surface area contributed by atoms with E-state index in [0.717, 1.165) is 23.6 Å². The quantitative estimate of drug-likeness (QED) is 0.876. The summed E-state index contributed by atoms with van der Waals surface area (Å²) in [6.45, 7) is 7.18. The maximum Gasteiger partial charge on any atom is 0.159 e. The molecule has 4 nitrogen and oxygen atoms in total. The number of fused-ring (bicyclic) bond motifs is 1. The zero-order valence-electron chi connectivity index (χ0n) is 13.2. The van der Waals surface area contributed by atoms with Crippen LogP contribution in [0.25, 0.3) is 5.65 Å². The smallest absolute Gasteiger partial charge is 0.159 e. The second-order valence-electron chi connectivity index (χ2n) is 6.07. The van der Waals surface area contributed by atoms with Crippen LogP contribution in [0.2, 0.25) is 0 Å². The Morgan fingerprint density at radius 2 is 2.19 bits per heavy atom. The molecule has 112 valence electrons. The van der Waals surface area contributed by atoms with Crippen molar-refractivity contribution in [3.8, 4) is 0 Å². The molecule has 0 saturated heterocycles. The van der Waals surface area contributed by atoms with Gasteiger partial charge in [0.2, 0.25) is 0 Å². The van der Waals surface area contributed by atoms with E-state index >= 15 is 0 Å². The Balaban J connectivity index is 1.75. The normalized spacial score (nSPS) is 17.0. The molecule has 0 amide bonds. The molecule has 0 saturated carbocycles. The van der Waals surface area contributed by atoms with Crippen LogP contribution in [0, 0.1) is 13.8 Å². The highest BCUT2D eigenvalue weighted by Gasteiger charge is 2.13. The minimum absolute atomic E-state index is 0.436. The van der Waals surface area contributed by atoms with E-state index in [9.17, 15) is 0 Å². The summed E-state index contributed by atoms with van der Waals surface area (Å²) < 4.78 is 1.93. The van der Waals surface area contributed by atoms with Crippen molar-refractivity contribution in [2.45, 2.75) is 59.0 Å². The predicted octanol–water partition coefficient (Wildman–Crippen LogP) is 3.32. The van der Waals surface area contributed by atoms with Crippen molar-refractivity contribution in [1.82, 2.24) is 19.9 Å². The van der Waals surface area contributed by atoms with Gasteiger partial charge in [-0.2, -0.15) is 5.10 Å². The molecular weight excluding hydrogens is 260 g/mol. The molecule has 0 aromatic carbocycles. The Morgan fingerprint density at radius 3 is 2.95 bits per heavy atom. The molecule has 2 aromatic rings. The van der Waals surface area contributed by atoms with Crippen molar-refractivity contribution in [2.75, 3.05) is 0 Å². The van der Waals surface area contributed by atoms with E-state index in [1.807, 2.05) is 17.6 Å². The fourth-order valence-corrected chi connectivity index (χ4v) is 3.09. The average Bonchev–Trinajstić information content (AvgIpc) is 2.89. The van der Waals surface area contributed by atoms with E-state index in [4.69, 9.17) is 0 Å². The molecule has 21 heavy (non-hydrogen) atoms. The first-order chi connectivity index (χ1) is 10.1. The second-order valence-corrected chi connectivity index (χ2v) is 6.07. The molecule has 1 atom stereocenters. The predicted molar refractivity (Wildman–Crippen MR) is 85.3 cm³/mol. The number of hydrogen-bond acceptors (Lipinski definition) is 3. The summed E-state index contributed by atoms with van der Waals surface area (Å²) in [5.41, 5.74) is 5.88. The van der Waals surface area contributed by atoms with Gasteiger partial charge in [-0.25, -0.2) is 9.50 Å². The number of allylic oxidation sites excluding steroid dienone is 1. The maximum atomic E-state index is 4.63. The summed E-state index contributed by atoms with van der Waals surface area (Å²) >= 11 is 0. The minimum Gasteiger partial charge on any atom is -0.306 e. The first kappa shape index (κ1) is 14.3. The molecule has 2 aromatic heterocycles. The van der Waals surface area contributed by atoms with Gasteiger partial charge < -0.3 is 5.32 Å². The summed E-state index contributed by atoms with van der Waals surface area (Å²) in [7, 11) is 0. The second kappa shape index (κ2) is 5.98.